The van der Waals surface area contributed by atoms with Crippen LogP contribution in [-0.2, 0) is 6.54 Å². The van der Waals surface area contributed by atoms with Gasteiger partial charge in [0.1, 0.15) is 0 Å². The van der Waals surface area contributed by atoms with Crippen molar-refractivity contribution in [1.82, 2.24) is 15.1 Å². The molecule has 0 saturated heterocycles. The molecule has 2 aliphatic carbocycles. The van der Waals surface area contributed by atoms with Crippen LogP contribution >= 0.6 is 0 Å². The van der Waals surface area contributed by atoms with Crippen molar-refractivity contribution in [3.8, 4) is 0 Å². The van der Waals surface area contributed by atoms with Crippen LogP contribution in [0.4, 0.5) is 0 Å². The molecule has 1 aromatic heterocycles. The zero-order valence-corrected chi connectivity index (χ0v) is 12.9. The normalized spacial score (nSPS) is 27.4. The average molecular weight is 275 g/mol. The van der Waals surface area contributed by atoms with Crippen molar-refractivity contribution in [3.63, 3.8) is 0 Å². The molecule has 1 heterocycles. The number of nitrogens with zero attached hydrogens (tertiary/aromatic N) is 2. The summed E-state index contributed by atoms with van der Waals surface area (Å²) < 4.78 is 2.13. The van der Waals surface area contributed by atoms with Gasteiger partial charge in [-0.1, -0.05) is 26.2 Å². The summed E-state index contributed by atoms with van der Waals surface area (Å²) in [7, 11) is 0. The first kappa shape index (κ1) is 14.1. The molecule has 20 heavy (non-hydrogen) atoms. The molecule has 3 heteroatoms. The van der Waals surface area contributed by atoms with E-state index in [4.69, 9.17) is 0 Å². The van der Waals surface area contributed by atoms with Gasteiger partial charge in [0.2, 0.25) is 0 Å². The Kier molecular flexibility index (Phi) is 4.77. The number of nitrogens with one attached hydrogen (secondary N) is 1. The minimum absolute atomic E-state index is 0.731. The first-order valence-electron chi connectivity index (χ1n) is 8.62. The summed E-state index contributed by atoms with van der Waals surface area (Å²) in [6.45, 7) is 4.49. The second kappa shape index (κ2) is 6.75. The van der Waals surface area contributed by atoms with E-state index in [9.17, 15) is 0 Å². The highest BCUT2D eigenvalue weighted by atomic mass is 15.3. The Morgan fingerprint density at radius 2 is 2.05 bits per heavy atom. The lowest BCUT2D eigenvalue weighted by Crippen LogP contribution is -2.28. The van der Waals surface area contributed by atoms with E-state index in [1.807, 2.05) is 0 Å². The smallest absolute Gasteiger partial charge is 0.0524 e. The maximum absolute atomic E-state index is 4.55. The minimum atomic E-state index is 0.731. The third kappa shape index (κ3) is 3.63. The predicted octanol–water partition coefficient (Wildman–Crippen LogP) is 3.71. The molecule has 0 radical (unpaired) electrons. The lowest BCUT2D eigenvalue weighted by Gasteiger charge is -2.24. The second-order valence-corrected chi connectivity index (χ2v) is 6.72. The summed E-state index contributed by atoms with van der Waals surface area (Å²) in [6, 6.07) is 0.835. The van der Waals surface area contributed by atoms with E-state index < -0.39 is 0 Å². The van der Waals surface area contributed by atoms with Crippen LogP contribution in [0, 0.1) is 5.92 Å². The van der Waals surface area contributed by atoms with Gasteiger partial charge in [-0.2, -0.15) is 5.10 Å². The Morgan fingerprint density at radius 1 is 1.20 bits per heavy atom. The first-order valence-corrected chi connectivity index (χ1v) is 8.62. The number of aromatic nitrogens is 2. The zero-order valence-electron chi connectivity index (χ0n) is 12.9. The molecule has 3 rings (SSSR count). The fourth-order valence-electron chi connectivity index (χ4n) is 3.60. The molecular weight excluding hydrogens is 246 g/mol. The van der Waals surface area contributed by atoms with Gasteiger partial charge in [-0.05, 0) is 56.0 Å². The largest absolute Gasteiger partial charge is 0.314 e. The van der Waals surface area contributed by atoms with Crippen LogP contribution in [0.2, 0.25) is 0 Å². The lowest BCUT2D eigenvalue weighted by molar-refractivity contribution is 0.374. The molecule has 0 aliphatic heterocycles. The van der Waals surface area contributed by atoms with Crippen LogP contribution < -0.4 is 5.32 Å². The SMILES string of the molecule is CCCn1cc(C2CCCCCC2CNC2CC2)cn1. The second-order valence-electron chi connectivity index (χ2n) is 6.72. The molecule has 0 aromatic carbocycles. The van der Waals surface area contributed by atoms with E-state index >= 15 is 0 Å². The summed E-state index contributed by atoms with van der Waals surface area (Å²) >= 11 is 0. The van der Waals surface area contributed by atoms with Crippen LogP contribution in [0.25, 0.3) is 0 Å². The van der Waals surface area contributed by atoms with Crippen molar-refractivity contribution in [1.29, 1.82) is 0 Å². The van der Waals surface area contributed by atoms with Crippen LogP contribution in [-0.4, -0.2) is 22.4 Å². The summed E-state index contributed by atoms with van der Waals surface area (Å²) in [5.74, 6) is 1.55. The highest BCUT2D eigenvalue weighted by Crippen LogP contribution is 2.36. The van der Waals surface area contributed by atoms with Crippen molar-refractivity contribution in [2.24, 2.45) is 5.92 Å². The van der Waals surface area contributed by atoms with Gasteiger partial charge in [0.05, 0.1) is 6.20 Å². The molecule has 0 spiro atoms. The van der Waals surface area contributed by atoms with Gasteiger partial charge in [0, 0.05) is 18.8 Å². The number of aryl methyl sites for hydroxylation is 1. The summed E-state index contributed by atoms with van der Waals surface area (Å²) in [5.41, 5.74) is 1.49. The molecule has 2 atom stereocenters. The number of hydrogen-bond donors (Lipinski definition) is 1. The quantitative estimate of drug-likeness (QED) is 0.802. The van der Waals surface area contributed by atoms with E-state index in [1.54, 1.807) is 0 Å². The van der Waals surface area contributed by atoms with E-state index in [-0.39, 0.29) is 0 Å². The van der Waals surface area contributed by atoms with Crippen molar-refractivity contribution in [2.45, 2.75) is 76.8 Å². The van der Waals surface area contributed by atoms with Crippen molar-refractivity contribution < 1.29 is 0 Å². The van der Waals surface area contributed by atoms with Gasteiger partial charge in [0.15, 0.2) is 0 Å². The molecule has 3 nitrogen and oxygen atoms in total. The summed E-state index contributed by atoms with van der Waals surface area (Å²) in [6.07, 6.45) is 15.4. The Bertz CT molecular complexity index is 408. The Hall–Kier alpha value is -0.830. The monoisotopic (exact) mass is 275 g/mol. The van der Waals surface area contributed by atoms with Gasteiger partial charge in [-0.25, -0.2) is 0 Å². The lowest BCUT2D eigenvalue weighted by atomic mass is 9.84. The van der Waals surface area contributed by atoms with Gasteiger partial charge >= 0.3 is 0 Å². The van der Waals surface area contributed by atoms with E-state index in [0.29, 0.717) is 0 Å². The first-order chi connectivity index (χ1) is 9.86. The van der Waals surface area contributed by atoms with E-state index in [2.05, 4.69) is 34.4 Å². The Balaban J connectivity index is 1.67. The number of hydrogen-bond acceptors (Lipinski definition) is 2. The highest BCUT2D eigenvalue weighted by molar-refractivity contribution is 5.13. The molecule has 1 aromatic rings. The standard InChI is InChI=1S/C17H29N3/c1-2-10-20-13-15(12-19-20)17-7-5-3-4-6-14(17)11-18-16-8-9-16/h12-14,16-18H,2-11H2,1H3. The maximum Gasteiger partial charge on any atom is 0.0524 e. The molecule has 2 fully saturated rings. The maximum atomic E-state index is 4.55. The van der Waals surface area contributed by atoms with Gasteiger partial charge < -0.3 is 5.32 Å². The molecule has 0 bridgehead atoms. The van der Waals surface area contributed by atoms with Crippen LogP contribution in [0.1, 0.15) is 69.8 Å². The molecule has 2 unspecified atom stereocenters. The van der Waals surface area contributed by atoms with Crippen LogP contribution in [0.3, 0.4) is 0 Å². The fourth-order valence-corrected chi connectivity index (χ4v) is 3.60. The summed E-state index contributed by atoms with van der Waals surface area (Å²) in [4.78, 5) is 0. The van der Waals surface area contributed by atoms with Gasteiger partial charge in [-0.15, -0.1) is 0 Å². The fraction of sp³-hybridized carbons (Fsp3) is 0.824. The Morgan fingerprint density at radius 3 is 2.85 bits per heavy atom. The molecule has 2 saturated carbocycles. The minimum Gasteiger partial charge on any atom is -0.314 e. The van der Waals surface area contributed by atoms with Gasteiger partial charge in [0.25, 0.3) is 0 Å². The third-order valence-electron chi connectivity index (χ3n) is 4.94. The van der Waals surface area contributed by atoms with Crippen molar-refractivity contribution >= 4 is 0 Å². The van der Waals surface area contributed by atoms with E-state index in [1.165, 1.54) is 63.5 Å². The topological polar surface area (TPSA) is 29.9 Å². The summed E-state index contributed by atoms with van der Waals surface area (Å²) in [5, 5.41) is 8.31. The Labute approximate surface area is 123 Å². The molecular formula is C17H29N3. The zero-order chi connectivity index (χ0) is 13.8. The van der Waals surface area contributed by atoms with Gasteiger partial charge in [-0.3, -0.25) is 4.68 Å². The molecule has 2 aliphatic rings. The average Bonchev–Trinajstić information content (AvgIpc) is 3.21. The highest BCUT2D eigenvalue weighted by Gasteiger charge is 2.28. The van der Waals surface area contributed by atoms with Crippen molar-refractivity contribution in [3.05, 3.63) is 18.0 Å². The third-order valence-corrected chi connectivity index (χ3v) is 4.94. The van der Waals surface area contributed by atoms with Crippen molar-refractivity contribution in [2.75, 3.05) is 6.54 Å². The molecule has 112 valence electrons. The molecule has 1 N–H and O–H groups in total. The van der Waals surface area contributed by atoms with Crippen LogP contribution in [0.5, 0.6) is 0 Å². The number of rotatable bonds is 6. The van der Waals surface area contributed by atoms with E-state index in [0.717, 1.165) is 24.4 Å². The van der Waals surface area contributed by atoms with Crippen LogP contribution in [0.15, 0.2) is 12.4 Å². The predicted molar refractivity (Wildman–Crippen MR) is 82.9 cm³/mol. The molecule has 0 amide bonds.